The number of ether oxygens (including phenoxy) is 2. The number of anilines is 1. The fourth-order valence-corrected chi connectivity index (χ4v) is 4.64. The smallest absolute Gasteiger partial charge is 0.341 e. The van der Waals surface area contributed by atoms with Gasteiger partial charge in [0.25, 0.3) is 11.6 Å². The molecule has 1 N–H and O–H groups in total. The first kappa shape index (κ1) is 25.6. The maximum Gasteiger partial charge on any atom is 0.341 e. The molecule has 4 aromatic rings. The number of nitro benzene ring substituents is 1. The third-order valence-electron chi connectivity index (χ3n) is 5.52. The van der Waals surface area contributed by atoms with Gasteiger partial charge in [0.1, 0.15) is 16.3 Å². The summed E-state index contributed by atoms with van der Waals surface area (Å²) >= 11 is 1.13. The van der Waals surface area contributed by atoms with Crippen LogP contribution in [-0.4, -0.2) is 29.5 Å². The highest BCUT2D eigenvalue weighted by Crippen LogP contribution is 2.37. The molecule has 1 aromatic heterocycles. The number of nitrogens with zero attached hydrogens (tertiary/aromatic N) is 1. The fraction of sp³-hybridized carbons (Fsp3) is 0.143. The van der Waals surface area contributed by atoms with Crippen molar-refractivity contribution >= 4 is 33.9 Å². The van der Waals surface area contributed by atoms with Gasteiger partial charge in [-0.25, -0.2) is 4.79 Å². The molecule has 3 aromatic carbocycles. The Morgan fingerprint density at radius 3 is 2.32 bits per heavy atom. The lowest BCUT2D eigenvalue weighted by Crippen LogP contribution is -2.30. The van der Waals surface area contributed by atoms with Crippen LogP contribution < -0.4 is 10.1 Å². The topological polar surface area (TPSA) is 108 Å². The standard InChI is InChI=1S/C28H24N2O6S/c1-3-35-28(32)25-24(21-10-7-11-22(16-21)30(33)34)17-37-27(25)29-26(31)18(2)36-23-14-12-20(13-15-23)19-8-5-4-6-9-19/h4-18H,3H2,1-2H3,(H,29,31). The number of rotatable bonds is 9. The van der Waals surface area contributed by atoms with E-state index in [0.717, 1.165) is 22.5 Å². The SMILES string of the molecule is CCOC(=O)c1c(-c2cccc([N+](=O)[O-])c2)csc1NC(=O)C(C)Oc1ccc(-c2ccccc2)cc1. The number of nitrogens with one attached hydrogen (secondary N) is 1. The molecule has 9 heteroatoms. The molecule has 0 saturated heterocycles. The first-order chi connectivity index (χ1) is 17.9. The van der Waals surface area contributed by atoms with Crippen molar-refractivity contribution in [2.45, 2.75) is 20.0 Å². The summed E-state index contributed by atoms with van der Waals surface area (Å²) in [4.78, 5) is 36.5. The molecular formula is C28H24N2O6S. The molecule has 0 spiro atoms. The first-order valence-electron chi connectivity index (χ1n) is 11.5. The highest BCUT2D eigenvalue weighted by Gasteiger charge is 2.25. The molecule has 8 nitrogen and oxygen atoms in total. The molecule has 1 atom stereocenters. The van der Waals surface area contributed by atoms with E-state index in [1.165, 1.54) is 18.2 Å². The molecule has 4 rings (SSSR count). The van der Waals surface area contributed by atoms with Crippen molar-refractivity contribution < 1.29 is 24.0 Å². The second-order valence-electron chi connectivity index (χ2n) is 8.02. The van der Waals surface area contributed by atoms with Crippen LogP contribution in [0.4, 0.5) is 10.7 Å². The van der Waals surface area contributed by atoms with Crippen LogP contribution in [0.1, 0.15) is 24.2 Å². The van der Waals surface area contributed by atoms with Crippen molar-refractivity contribution in [2.75, 3.05) is 11.9 Å². The number of esters is 1. The van der Waals surface area contributed by atoms with Gasteiger partial charge in [-0.05, 0) is 42.7 Å². The van der Waals surface area contributed by atoms with Crippen LogP contribution >= 0.6 is 11.3 Å². The van der Waals surface area contributed by atoms with Crippen LogP contribution in [0.25, 0.3) is 22.3 Å². The van der Waals surface area contributed by atoms with Crippen molar-refractivity contribution in [2.24, 2.45) is 0 Å². The van der Waals surface area contributed by atoms with Gasteiger partial charge >= 0.3 is 5.97 Å². The highest BCUT2D eigenvalue weighted by atomic mass is 32.1. The molecule has 0 aliphatic heterocycles. The maximum atomic E-state index is 13.0. The number of non-ortho nitro benzene ring substituents is 1. The van der Waals surface area contributed by atoms with Crippen LogP contribution in [-0.2, 0) is 9.53 Å². The number of thiophene rings is 1. The normalized spacial score (nSPS) is 11.4. The summed E-state index contributed by atoms with van der Waals surface area (Å²) in [7, 11) is 0. The summed E-state index contributed by atoms with van der Waals surface area (Å²) in [5, 5.41) is 15.9. The third kappa shape index (κ3) is 6.02. The van der Waals surface area contributed by atoms with Gasteiger partial charge in [0.15, 0.2) is 6.10 Å². The average molecular weight is 517 g/mol. The number of nitro groups is 1. The molecule has 0 radical (unpaired) electrons. The Labute approximate surface area is 217 Å². The van der Waals surface area contributed by atoms with Crippen molar-refractivity contribution in [3.8, 4) is 28.0 Å². The van der Waals surface area contributed by atoms with E-state index in [9.17, 15) is 19.7 Å². The number of amides is 1. The number of carbonyl (C=O) groups excluding carboxylic acids is 2. The molecule has 0 aliphatic carbocycles. The summed E-state index contributed by atoms with van der Waals surface area (Å²) in [6.45, 7) is 3.42. The number of hydrogen-bond acceptors (Lipinski definition) is 7. The van der Waals surface area contributed by atoms with Crippen molar-refractivity contribution in [1.82, 2.24) is 0 Å². The predicted molar refractivity (Wildman–Crippen MR) is 143 cm³/mol. The van der Waals surface area contributed by atoms with Crippen molar-refractivity contribution in [3.63, 3.8) is 0 Å². The van der Waals surface area contributed by atoms with Gasteiger partial charge in [-0.1, -0.05) is 54.6 Å². The van der Waals surface area contributed by atoms with Crippen LogP contribution in [0.2, 0.25) is 0 Å². The Morgan fingerprint density at radius 1 is 0.973 bits per heavy atom. The van der Waals surface area contributed by atoms with Gasteiger partial charge < -0.3 is 14.8 Å². The van der Waals surface area contributed by atoms with E-state index in [0.29, 0.717) is 16.9 Å². The second-order valence-corrected chi connectivity index (χ2v) is 8.90. The number of benzene rings is 3. The van der Waals surface area contributed by atoms with Crippen LogP contribution in [0, 0.1) is 10.1 Å². The molecule has 0 bridgehead atoms. The third-order valence-corrected chi connectivity index (χ3v) is 6.41. The lowest BCUT2D eigenvalue weighted by atomic mass is 10.0. The van der Waals surface area contributed by atoms with E-state index in [2.05, 4.69) is 5.32 Å². The molecule has 37 heavy (non-hydrogen) atoms. The predicted octanol–water partition coefficient (Wildman–Crippen LogP) is 6.57. The van der Waals surface area contributed by atoms with Crippen molar-refractivity contribution in [1.29, 1.82) is 0 Å². The minimum absolute atomic E-state index is 0.107. The van der Waals surface area contributed by atoms with Gasteiger partial charge in [0.2, 0.25) is 0 Å². The van der Waals surface area contributed by atoms with E-state index in [-0.39, 0.29) is 22.9 Å². The molecule has 0 fully saturated rings. The van der Waals surface area contributed by atoms with Crippen LogP contribution in [0.15, 0.2) is 84.2 Å². The largest absolute Gasteiger partial charge is 0.481 e. The van der Waals surface area contributed by atoms with Crippen LogP contribution in [0.3, 0.4) is 0 Å². The lowest BCUT2D eigenvalue weighted by molar-refractivity contribution is -0.384. The maximum absolute atomic E-state index is 13.0. The Morgan fingerprint density at radius 2 is 1.65 bits per heavy atom. The Hall–Kier alpha value is -4.50. The molecule has 0 saturated carbocycles. The van der Waals surface area contributed by atoms with E-state index >= 15 is 0 Å². The zero-order valence-electron chi connectivity index (χ0n) is 20.2. The Kier molecular flexibility index (Phi) is 7.95. The summed E-state index contributed by atoms with van der Waals surface area (Å²) in [6, 6.07) is 23.3. The molecule has 1 heterocycles. The minimum atomic E-state index is -0.860. The van der Waals surface area contributed by atoms with E-state index in [4.69, 9.17) is 9.47 Å². The minimum Gasteiger partial charge on any atom is -0.481 e. The van der Waals surface area contributed by atoms with Gasteiger partial charge in [-0.3, -0.25) is 14.9 Å². The summed E-state index contributed by atoms with van der Waals surface area (Å²) in [5.74, 6) is -0.563. The van der Waals surface area contributed by atoms with E-state index in [1.807, 2.05) is 42.5 Å². The zero-order chi connectivity index (χ0) is 26.4. The molecule has 1 amide bonds. The quantitative estimate of drug-likeness (QED) is 0.153. The monoisotopic (exact) mass is 516 g/mol. The molecule has 188 valence electrons. The fourth-order valence-electron chi connectivity index (χ4n) is 3.68. The van der Waals surface area contributed by atoms with Gasteiger partial charge in [-0.2, -0.15) is 0 Å². The number of hydrogen-bond donors (Lipinski definition) is 1. The summed E-state index contributed by atoms with van der Waals surface area (Å²) in [6.07, 6.45) is -0.860. The zero-order valence-corrected chi connectivity index (χ0v) is 21.0. The van der Waals surface area contributed by atoms with Gasteiger partial charge in [0.05, 0.1) is 11.5 Å². The first-order valence-corrected chi connectivity index (χ1v) is 12.4. The van der Waals surface area contributed by atoms with Gasteiger partial charge in [-0.15, -0.1) is 11.3 Å². The van der Waals surface area contributed by atoms with Gasteiger partial charge in [0, 0.05) is 23.1 Å². The summed E-state index contributed by atoms with van der Waals surface area (Å²) < 4.78 is 11.0. The molecule has 1 unspecified atom stereocenters. The Bertz CT molecular complexity index is 1420. The highest BCUT2D eigenvalue weighted by molar-refractivity contribution is 7.15. The Balaban J connectivity index is 1.52. The lowest BCUT2D eigenvalue weighted by Gasteiger charge is -2.15. The number of carbonyl (C=O) groups is 2. The second kappa shape index (κ2) is 11.5. The van der Waals surface area contributed by atoms with E-state index < -0.39 is 22.9 Å². The van der Waals surface area contributed by atoms with Crippen LogP contribution in [0.5, 0.6) is 5.75 Å². The average Bonchev–Trinajstić information content (AvgIpc) is 3.33. The van der Waals surface area contributed by atoms with E-state index in [1.54, 1.807) is 37.4 Å². The van der Waals surface area contributed by atoms with Crippen molar-refractivity contribution in [3.05, 3.63) is 99.9 Å². The molecular weight excluding hydrogens is 492 g/mol. The summed E-state index contributed by atoms with van der Waals surface area (Å²) in [5.41, 5.74) is 3.04. The molecule has 0 aliphatic rings.